The van der Waals surface area contributed by atoms with Crippen molar-refractivity contribution in [3.05, 3.63) is 24.3 Å². The molecule has 182 valence electrons. The highest BCUT2D eigenvalue weighted by Crippen LogP contribution is 2.26. The van der Waals surface area contributed by atoms with E-state index in [0.717, 1.165) is 25.7 Å². The Bertz CT molecular complexity index is 614. The Kier molecular flexibility index (Phi) is 17.2. The predicted octanol–water partition coefficient (Wildman–Crippen LogP) is 7.41. The van der Waals surface area contributed by atoms with Crippen LogP contribution < -0.4 is 9.47 Å². The summed E-state index contributed by atoms with van der Waals surface area (Å²) >= 11 is 0. The highest BCUT2D eigenvalue weighted by molar-refractivity contribution is 5.73. The maximum Gasteiger partial charge on any atom is 0.311 e. The van der Waals surface area contributed by atoms with Crippen LogP contribution in [-0.4, -0.2) is 25.7 Å². The maximum absolute atomic E-state index is 11.9. The van der Waals surface area contributed by atoms with Crippen molar-refractivity contribution in [2.24, 2.45) is 0 Å². The van der Waals surface area contributed by atoms with Crippen LogP contribution in [0.4, 0.5) is 0 Å². The van der Waals surface area contributed by atoms with Gasteiger partial charge in [0.25, 0.3) is 0 Å². The first-order valence-corrected chi connectivity index (χ1v) is 12.7. The van der Waals surface area contributed by atoms with E-state index in [4.69, 9.17) is 14.2 Å². The molecule has 32 heavy (non-hydrogen) atoms. The number of carbonyl (C=O) groups is 2. The lowest BCUT2D eigenvalue weighted by Gasteiger charge is -2.08. The molecule has 1 rings (SSSR count). The first-order valence-electron chi connectivity index (χ1n) is 12.7. The van der Waals surface area contributed by atoms with Gasteiger partial charge in [-0.25, -0.2) is 0 Å². The molecule has 0 unspecified atom stereocenters. The third-order valence-corrected chi connectivity index (χ3v) is 5.57. The topological polar surface area (TPSA) is 61.8 Å². The van der Waals surface area contributed by atoms with Crippen molar-refractivity contribution in [3.63, 3.8) is 0 Å². The largest absolute Gasteiger partial charge is 0.493 e. The smallest absolute Gasteiger partial charge is 0.311 e. The summed E-state index contributed by atoms with van der Waals surface area (Å²) < 4.78 is 15.8. The zero-order valence-electron chi connectivity index (χ0n) is 20.4. The number of esters is 2. The standard InChI is InChI=1S/C27H44O5/c1-3-4-5-6-7-8-9-10-11-12-18-23-31-26(28)21-14-13-15-22-27(29)32-25-20-17-16-19-24(25)30-2/h16-17,19-20H,3-15,18,21-23H2,1-2H3. The fourth-order valence-electron chi connectivity index (χ4n) is 3.62. The Morgan fingerprint density at radius 2 is 1.16 bits per heavy atom. The molecule has 5 nitrogen and oxygen atoms in total. The fourth-order valence-corrected chi connectivity index (χ4v) is 3.62. The first kappa shape index (κ1) is 28.0. The second-order valence-electron chi connectivity index (χ2n) is 8.44. The Hall–Kier alpha value is -2.04. The van der Waals surface area contributed by atoms with Gasteiger partial charge < -0.3 is 14.2 Å². The van der Waals surface area contributed by atoms with E-state index < -0.39 is 0 Å². The van der Waals surface area contributed by atoms with E-state index in [0.29, 0.717) is 37.4 Å². The summed E-state index contributed by atoms with van der Waals surface area (Å²) in [6, 6.07) is 7.09. The van der Waals surface area contributed by atoms with Gasteiger partial charge in [-0.15, -0.1) is 0 Å². The number of ether oxygens (including phenoxy) is 3. The van der Waals surface area contributed by atoms with Crippen molar-refractivity contribution in [1.82, 2.24) is 0 Å². The molecule has 0 radical (unpaired) electrons. The van der Waals surface area contributed by atoms with E-state index in [1.54, 1.807) is 25.3 Å². The molecular weight excluding hydrogens is 404 g/mol. The lowest BCUT2D eigenvalue weighted by molar-refractivity contribution is -0.143. The Balaban J connectivity index is 1.90. The third kappa shape index (κ3) is 14.9. The number of benzene rings is 1. The van der Waals surface area contributed by atoms with Crippen LogP contribution in [-0.2, 0) is 14.3 Å². The number of rotatable bonds is 20. The molecule has 0 aliphatic heterocycles. The summed E-state index contributed by atoms with van der Waals surface area (Å²) in [7, 11) is 1.54. The van der Waals surface area contributed by atoms with Gasteiger partial charge in [0.2, 0.25) is 0 Å². The highest BCUT2D eigenvalue weighted by atomic mass is 16.6. The molecule has 0 N–H and O–H groups in total. The van der Waals surface area contributed by atoms with Crippen LogP contribution in [0.1, 0.15) is 110 Å². The lowest BCUT2D eigenvalue weighted by atomic mass is 10.1. The van der Waals surface area contributed by atoms with Gasteiger partial charge in [0.1, 0.15) is 0 Å². The zero-order chi connectivity index (χ0) is 23.3. The van der Waals surface area contributed by atoms with Gasteiger partial charge in [0, 0.05) is 12.8 Å². The van der Waals surface area contributed by atoms with Crippen LogP contribution in [0, 0.1) is 0 Å². The average molecular weight is 449 g/mol. The minimum atomic E-state index is -0.284. The normalized spacial score (nSPS) is 10.7. The Labute approximate surface area is 195 Å². The first-order chi connectivity index (χ1) is 15.7. The van der Waals surface area contributed by atoms with Gasteiger partial charge in [-0.3, -0.25) is 9.59 Å². The highest BCUT2D eigenvalue weighted by Gasteiger charge is 2.09. The van der Waals surface area contributed by atoms with Gasteiger partial charge in [0.15, 0.2) is 11.5 Å². The maximum atomic E-state index is 11.9. The van der Waals surface area contributed by atoms with Crippen molar-refractivity contribution in [2.45, 2.75) is 110 Å². The van der Waals surface area contributed by atoms with Crippen molar-refractivity contribution < 1.29 is 23.8 Å². The molecule has 0 aromatic heterocycles. The van der Waals surface area contributed by atoms with Gasteiger partial charge in [-0.05, 0) is 31.4 Å². The summed E-state index contributed by atoms with van der Waals surface area (Å²) in [5, 5.41) is 0. The van der Waals surface area contributed by atoms with Crippen LogP contribution in [0.2, 0.25) is 0 Å². The number of unbranched alkanes of at least 4 members (excludes halogenated alkanes) is 12. The van der Waals surface area contributed by atoms with Gasteiger partial charge in [-0.2, -0.15) is 0 Å². The second kappa shape index (κ2) is 19.6. The van der Waals surface area contributed by atoms with Gasteiger partial charge in [-0.1, -0.05) is 89.7 Å². The lowest BCUT2D eigenvalue weighted by Crippen LogP contribution is -2.09. The molecule has 0 amide bonds. The minimum Gasteiger partial charge on any atom is -0.493 e. The molecule has 0 bridgehead atoms. The molecular formula is C27H44O5. The van der Waals surface area contributed by atoms with Crippen molar-refractivity contribution in [1.29, 1.82) is 0 Å². The van der Waals surface area contributed by atoms with Crippen LogP contribution in [0.15, 0.2) is 24.3 Å². The van der Waals surface area contributed by atoms with E-state index in [-0.39, 0.29) is 11.9 Å². The van der Waals surface area contributed by atoms with Crippen LogP contribution in [0.5, 0.6) is 11.5 Å². The van der Waals surface area contributed by atoms with Gasteiger partial charge >= 0.3 is 11.9 Å². The minimum absolute atomic E-state index is 0.131. The van der Waals surface area contributed by atoms with E-state index in [1.165, 1.54) is 57.8 Å². The molecule has 0 aliphatic rings. The Morgan fingerprint density at radius 3 is 1.75 bits per heavy atom. The fraction of sp³-hybridized carbons (Fsp3) is 0.704. The quantitative estimate of drug-likeness (QED) is 0.118. The molecule has 0 spiro atoms. The number of hydrogen-bond donors (Lipinski definition) is 0. The van der Waals surface area contributed by atoms with Crippen LogP contribution in [0.25, 0.3) is 0 Å². The second-order valence-corrected chi connectivity index (χ2v) is 8.44. The summed E-state index contributed by atoms with van der Waals surface area (Å²) in [5.74, 6) is 0.564. The van der Waals surface area contributed by atoms with E-state index in [1.807, 2.05) is 6.07 Å². The van der Waals surface area contributed by atoms with E-state index in [2.05, 4.69) is 6.92 Å². The third-order valence-electron chi connectivity index (χ3n) is 5.57. The number of hydrogen-bond acceptors (Lipinski definition) is 5. The molecule has 0 saturated carbocycles. The number of methoxy groups -OCH3 is 1. The number of carbonyl (C=O) groups excluding carboxylic acids is 2. The Morgan fingerprint density at radius 1 is 0.656 bits per heavy atom. The average Bonchev–Trinajstić information content (AvgIpc) is 2.80. The molecule has 0 aliphatic carbocycles. The molecule has 1 aromatic carbocycles. The van der Waals surface area contributed by atoms with Crippen molar-refractivity contribution in [3.8, 4) is 11.5 Å². The molecule has 1 aromatic rings. The zero-order valence-corrected chi connectivity index (χ0v) is 20.4. The summed E-state index contributed by atoms with van der Waals surface area (Å²) in [5.41, 5.74) is 0. The SMILES string of the molecule is CCCCCCCCCCCCCOC(=O)CCCCCC(=O)Oc1ccccc1OC. The molecule has 0 heterocycles. The molecule has 0 fully saturated rings. The summed E-state index contributed by atoms with van der Waals surface area (Å²) in [6.07, 6.45) is 17.1. The van der Waals surface area contributed by atoms with Crippen molar-refractivity contribution in [2.75, 3.05) is 13.7 Å². The summed E-state index contributed by atoms with van der Waals surface area (Å²) in [4.78, 5) is 23.8. The molecule has 0 atom stereocenters. The van der Waals surface area contributed by atoms with E-state index in [9.17, 15) is 9.59 Å². The van der Waals surface area contributed by atoms with Crippen LogP contribution in [0.3, 0.4) is 0 Å². The number of para-hydroxylation sites is 2. The van der Waals surface area contributed by atoms with E-state index >= 15 is 0 Å². The summed E-state index contributed by atoms with van der Waals surface area (Å²) in [6.45, 7) is 2.78. The van der Waals surface area contributed by atoms with Crippen molar-refractivity contribution >= 4 is 11.9 Å². The molecule has 0 saturated heterocycles. The van der Waals surface area contributed by atoms with Gasteiger partial charge in [0.05, 0.1) is 13.7 Å². The predicted molar refractivity (Wildman–Crippen MR) is 129 cm³/mol. The molecule has 5 heteroatoms. The monoisotopic (exact) mass is 448 g/mol. The van der Waals surface area contributed by atoms with Crippen LogP contribution >= 0.6 is 0 Å².